The van der Waals surface area contributed by atoms with Crippen molar-refractivity contribution >= 4 is 11.8 Å². The number of carbonyl (C=O) groups excluding carboxylic acids is 2. The number of Topliss-reactive ketones (excluding diaryl/α,β-unsaturated/α-hetero) is 1. The van der Waals surface area contributed by atoms with Crippen molar-refractivity contribution < 1.29 is 14.3 Å². The van der Waals surface area contributed by atoms with E-state index < -0.39 is 11.6 Å². The van der Waals surface area contributed by atoms with Crippen molar-refractivity contribution in [2.45, 2.75) is 32.8 Å². The van der Waals surface area contributed by atoms with E-state index in [-0.39, 0.29) is 12.2 Å². The van der Waals surface area contributed by atoms with Crippen LogP contribution in [0.3, 0.4) is 0 Å². The lowest BCUT2D eigenvalue weighted by Gasteiger charge is -2.23. The average Bonchev–Trinajstić information content (AvgIpc) is 2.16. The average molecular weight is 220 g/mol. The summed E-state index contributed by atoms with van der Waals surface area (Å²) in [5, 5.41) is 0. The fourth-order valence-electron chi connectivity index (χ4n) is 1.52. The summed E-state index contributed by atoms with van der Waals surface area (Å²) in [5.74, 6) is -0.391. The number of ketones is 1. The summed E-state index contributed by atoms with van der Waals surface area (Å²) in [6.07, 6.45) is 0.228. The third-order valence-electron chi connectivity index (χ3n) is 2.05. The summed E-state index contributed by atoms with van der Waals surface area (Å²) < 4.78 is 5.27. The van der Waals surface area contributed by atoms with Gasteiger partial charge in [0.25, 0.3) is 0 Å². The lowest BCUT2D eigenvalue weighted by Crippen LogP contribution is -2.30. The topological polar surface area (TPSA) is 43.4 Å². The summed E-state index contributed by atoms with van der Waals surface area (Å²) in [6, 6.07) is 8.75. The lowest BCUT2D eigenvalue weighted by molar-refractivity contribution is -0.121. The van der Waals surface area contributed by atoms with Crippen molar-refractivity contribution in [2.24, 2.45) is 0 Å². The van der Waals surface area contributed by atoms with Gasteiger partial charge >= 0.3 is 5.97 Å². The molecule has 0 spiro atoms. The second kappa shape index (κ2) is 4.92. The minimum Gasteiger partial charge on any atom is -0.456 e. The van der Waals surface area contributed by atoms with Crippen LogP contribution in [0.5, 0.6) is 0 Å². The van der Waals surface area contributed by atoms with Crippen LogP contribution in [0.1, 0.15) is 37.6 Å². The maximum Gasteiger partial charge on any atom is 0.338 e. The quantitative estimate of drug-likeness (QED) is 0.732. The van der Waals surface area contributed by atoms with E-state index in [2.05, 4.69) is 0 Å². The molecule has 0 heterocycles. The number of hydrogen-bond donors (Lipinski definition) is 0. The van der Waals surface area contributed by atoms with Crippen LogP contribution in [0.4, 0.5) is 0 Å². The summed E-state index contributed by atoms with van der Waals surface area (Å²) in [5.41, 5.74) is -0.252. The summed E-state index contributed by atoms with van der Waals surface area (Å²) in [7, 11) is 0. The number of carbonyl (C=O) groups is 2. The van der Waals surface area contributed by atoms with Gasteiger partial charge in [-0.25, -0.2) is 4.79 Å². The molecule has 0 aliphatic heterocycles. The maximum atomic E-state index is 11.7. The van der Waals surface area contributed by atoms with Gasteiger partial charge in [0.1, 0.15) is 11.4 Å². The second-order valence-corrected chi connectivity index (χ2v) is 4.39. The molecule has 0 aliphatic rings. The van der Waals surface area contributed by atoms with E-state index in [4.69, 9.17) is 4.74 Å². The van der Waals surface area contributed by atoms with Crippen LogP contribution in [-0.2, 0) is 9.53 Å². The molecule has 1 aromatic carbocycles. The van der Waals surface area contributed by atoms with E-state index in [1.165, 1.54) is 6.92 Å². The summed E-state index contributed by atoms with van der Waals surface area (Å²) in [4.78, 5) is 22.7. The lowest BCUT2D eigenvalue weighted by atomic mass is 10.0. The number of rotatable bonds is 4. The molecule has 16 heavy (non-hydrogen) atoms. The number of esters is 1. The van der Waals surface area contributed by atoms with E-state index >= 15 is 0 Å². The van der Waals surface area contributed by atoms with E-state index in [0.29, 0.717) is 5.56 Å². The van der Waals surface area contributed by atoms with Crippen molar-refractivity contribution in [1.29, 1.82) is 0 Å². The molecule has 0 saturated carbocycles. The second-order valence-electron chi connectivity index (χ2n) is 4.39. The molecule has 0 atom stereocenters. The first kappa shape index (κ1) is 12.4. The highest BCUT2D eigenvalue weighted by Crippen LogP contribution is 2.17. The molecular weight excluding hydrogens is 204 g/mol. The Hall–Kier alpha value is -1.64. The Labute approximate surface area is 95.4 Å². The van der Waals surface area contributed by atoms with E-state index in [1.54, 1.807) is 38.1 Å². The molecule has 0 fully saturated rings. The van der Waals surface area contributed by atoms with Crippen LogP contribution in [0.15, 0.2) is 30.3 Å². The molecule has 3 heteroatoms. The normalized spacial score (nSPS) is 10.9. The van der Waals surface area contributed by atoms with Crippen LogP contribution in [0.25, 0.3) is 0 Å². The zero-order chi connectivity index (χ0) is 12.2. The van der Waals surface area contributed by atoms with Gasteiger partial charge in [0, 0.05) is 6.42 Å². The highest BCUT2D eigenvalue weighted by molar-refractivity contribution is 5.90. The van der Waals surface area contributed by atoms with Crippen LogP contribution >= 0.6 is 0 Å². The highest BCUT2D eigenvalue weighted by Gasteiger charge is 2.25. The van der Waals surface area contributed by atoms with Crippen molar-refractivity contribution in [3.63, 3.8) is 0 Å². The Balaban J connectivity index is 2.68. The van der Waals surface area contributed by atoms with Gasteiger partial charge in [0.15, 0.2) is 0 Å². The van der Waals surface area contributed by atoms with Gasteiger partial charge < -0.3 is 4.74 Å². The van der Waals surface area contributed by atoms with Gasteiger partial charge in [-0.2, -0.15) is 0 Å². The molecule has 1 rings (SSSR count). The standard InChI is InChI=1S/C13H16O3/c1-10(14)9-13(2,3)16-12(15)11-7-5-4-6-8-11/h4-8H,9H2,1-3H3. The Morgan fingerprint density at radius 3 is 2.25 bits per heavy atom. The zero-order valence-corrected chi connectivity index (χ0v) is 9.82. The number of ether oxygens (including phenoxy) is 1. The third-order valence-corrected chi connectivity index (χ3v) is 2.05. The van der Waals surface area contributed by atoms with Gasteiger partial charge in [-0.3, -0.25) is 4.79 Å². The molecule has 3 nitrogen and oxygen atoms in total. The predicted octanol–water partition coefficient (Wildman–Crippen LogP) is 2.60. The van der Waals surface area contributed by atoms with E-state index in [0.717, 1.165) is 0 Å². The predicted molar refractivity (Wildman–Crippen MR) is 61.2 cm³/mol. The Kier molecular flexibility index (Phi) is 3.82. The van der Waals surface area contributed by atoms with Gasteiger partial charge in [-0.15, -0.1) is 0 Å². The molecule has 0 radical (unpaired) electrons. The first-order chi connectivity index (χ1) is 7.41. The van der Waals surface area contributed by atoms with Gasteiger partial charge in [-0.05, 0) is 32.9 Å². The summed E-state index contributed by atoms with van der Waals surface area (Å²) in [6.45, 7) is 4.95. The van der Waals surface area contributed by atoms with Crippen LogP contribution in [-0.4, -0.2) is 17.4 Å². The zero-order valence-electron chi connectivity index (χ0n) is 9.82. The first-order valence-electron chi connectivity index (χ1n) is 5.18. The molecule has 0 amide bonds. The fraction of sp³-hybridized carbons (Fsp3) is 0.385. The highest BCUT2D eigenvalue weighted by atomic mass is 16.6. The Morgan fingerprint density at radius 2 is 1.75 bits per heavy atom. The maximum absolute atomic E-state index is 11.7. The fourth-order valence-corrected chi connectivity index (χ4v) is 1.52. The van der Waals surface area contributed by atoms with Crippen LogP contribution < -0.4 is 0 Å². The van der Waals surface area contributed by atoms with Gasteiger partial charge in [0.05, 0.1) is 5.56 Å². The first-order valence-corrected chi connectivity index (χ1v) is 5.18. The van der Waals surface area contributed by atoms with Crippen LogP contribution in [0.2, 0.25) is 0 Å². The SMILES string of the molecule is CC(=O)CC(C)(C)OC(=O)c1ccccc1. The van der Waals surface area contributed by atoms with Crippen molar-refractivity contribution in [1.82, 2.24) is 0 Å². The molecule has 86 valence electrons. The van der Waals surface area contributed by atoms with Crippen molar-refractivity contribution in [2.75, 3.05) is 0 Å². The van der Waals surface area contributed by atoms with Gasteiger partial charge in [-0.1, -0.05) is 18.2 Å². The third kappa shape index (κ3) is 3.85. The van der Waals surface area contributed by atoms with E-state index in [9.17, 15) is 9.59 Å². The molecule has 0 aliphatic carbocycles. The Bertz CT molecular complexity index is 379. The molecule has 0 unspecified atom stereocenters. The smallest absolute Gasteiger partial charge is 0.338 e. The molecule has 0 N–H and O–H groups in total. The largest absolute Gasteiger partial charge is 0.456 e. The van der Waals surface area contributed by atoms with E-state index in [1.807, 2.05) is 6.07 Å². The Morgan fingerprint density at radius 1 is 1.19 bits per heavy atom. The molecule has 0 aromatic heterocycles. The minimum atomic E-state index is -0.751. The molecule has 0 bridgehead atoms. The number of hydrogen-bond acceptors (Lipinski definition) is 3. The molecular formula is C13H16O3. The minimum absolute atomic E-state index is 0.00543. The van der Waals surface area contributed by atoms with Crippen molar-refractivity contribution in [3.8, 4) is 0 Å². The molecule has 1 aromatic rings. The monoisotopic (exact) mass is 220 g/mol. The van der Waals surface area contributed by atoms with Gasteiger partial charge in [0.2, 0.25) is 0 Å². The number of benzene rings is 1. The van der Waals surface area contributed by atoms with Crippen LogP contribution in [0, 0.1) is 0 Å². The summed E-state index contributed by atoms with van der Waals surface area (Å²) >= 11 is 0. The molecule has 0 saturated heterocycles. The van der Waals surface area contributed by atoms with Crippen molar-refractivity contribution in [3.05, 3.63) is 35.9 Å².